The standard InChI is InChI=1S/C12H18N6O.HI/c1-9-6-11(19-17-9)8-15-12(13-2)14-7-10-4-5-16-18(10)3;/h4-6H,7-8H2,1-3H3,(H2,13,14,15);1H. The average molecular weight is 390 g/mol. The molecule has 0 unspecified atom stereocenters. The summed E-state index contributed by atoms with van der Waals surface area (Å²) in [5, 5.41) is 14.3. The van der Waals surface area contributed by atoms with E-state index in [2.05, 4.69) is 25.9 Å². The van der Waals surface area contributed by atoms with Gasteiger partial charge in [0.15, 0.2) is 11.7 Å². The second-order valence-electron chi connectivity index (χ2n) is 4.16. The molecular formula is C12H19IN6O. The van der Waals surface area contributed by atoms with Gasteiger partial charge < -0.3 is 15.2 Å². The third kappa shape index (κ3) is 4.51. The van der Waals surface area contributed by atoms with Crippen molar-refractivity contribution in [1.82, 2.24) is 25.6 Å². The van der Waals surface area contributed by atoms with Crippen molar-refractivity contribution in [1.29, 1.82) is 0 Å². The normalized spacial score (nSPS) is 11.1. The highest BCUT2D eigenvalue weighted by Crippen LogP contribution is 2.01. The van der Waals surface area contributed by atoms with Crippen LogP contribution in [-0.2, 0) is 20.1 Å². The first-order chi connectivity index (χ1) is 9.19. The van der Waals surface area contributed by atoms with Crippen molar-refractivity contribution in [3.8, 4) is 0 Å². The topological polar surface area (TPSA) is 80.3 Å². The average Bonchev–Trinajstić information content (AvgIpc) is 2.99. The molecular weight excluding hydrogens is 371 g/mol. The number of rotatable bonds is 4. The van der Waals surface area contributed by atoms with Crippen molar-refractivity contribution < 1.29 is 4.52 Å². The Kier molecular flexibility index (Phi) is 6.49. The molecule has 0 aliphatic carbocycles. The lowest BCUT2D eigenvalue weighted by atomic mass is 10.4. The molecule has 0 saturated carbocycles. The molecule has 0 atom stereocenters. The van der Waals surface area contributed by atoms with Crippen molar-refractivity contribution >= 4 is 29.9 Å². The van der Waals surface area contributed by atoms with Crippen molar-refractivity contribution in [3.63, 3.8) is 0 Å². The van der Waals surface area contributed by atoms with Crippen molar-refractivity contribution in [2.24, 2.45) is 12.0 Å². The predicted molar refractivity (Wildman–Crippen MR) is 86.9 cm³/mol. The maximum Gasteiger partial charge on any atom is 0.191 e. The van der Waals surface area contributed by atoms with Gasteiger partial charge in [0, 0.05) is 26.4 Å². The van der Waals surface area contributed by atoms with Crippen LogP contribution in [0.4, 0.5) is 0 Å². The molecule has 110 valence electrons. The van der Waals surface area contributed by atoms with E-state index in [0.717, 1.165) is 17.1 Å². The molecule has 2 heterocycles. The van der Waals surface area contributed by atoms with E-state index < -0.39 is 0 Å². The summed E-state index contributed by atoms with van der Waals surface area (Å²) in [7, 11) is 3.63. The maximum absolute atomic E-state index is 5.12. The van der Waals surface area contributed by atoms with Crippen LogP contribution >= 0.6 is 24.0 Å². The van der Waals surface area contributed by atoms with Crippen LogP contribution in [0.25, 0.3) is 0 Å². The smallest absolute Gasteiger partial charge is 0.191 e. The molecule has 0 saturated heterocycles. The number of hydrogen-bond acceptors (Lipinski definition) is 4. The summed E-state index contributed by atoms with van der Waals surface area (Å²) in [5.41, 5.74) is 1.95. The Bertz CT molecular complexity index is 562. The van der Waals surface area contributed by atoms with Gasteiger partial charge in [-0.2, -0.15) is 5.10 Å². The van der Waals surface area contributed by atoms with Gasteiger partial charge in [-0.25, -0.2) is 0 Å². The Balaban J connectivity index is 0.00000200. The van der Waals surface area contributed by atoms with Gasteiger partial charge in [-0.05, 0) is 13.0 Å². The summed E-state index contributed by atoms with van der Waals surface area (Å²) in [6.45, 7) is 3.10. The van der Waals surface area contributed by atoms with E-state index in [1.165, 1.54) is 0 Å². The number of nitrogens with one attached hydrogen (secondary N) is 2. The fourth-order valence-electron chi connectivity index (χ4n) is 1.64. The number of guanidine groups is 1. The van der Waals surface area contributed by atoms with Crippen molar-refractivity contribution in [2.75, 3.05) is 7.05 Å². The SMILES string of the molecule is CN=C(NCc1cc(C)no1)NCc1ccnn1C.I. The number of halogens is 1. The Morgan fingerprint density at radius 1 is 1.40 bits per heavy atom. The fourth-order valence-corrected chi connectivity index (χ4v) is 1.64. The second kappa shape index (κ2) is 7.88. The van der Waals surface area contributed by atoms with E-state index >= 15 is 0 Å². The van der Waals surface area contributed by atoms with Gasteiger partial charge in [0.25, 0.3) is 0 Å². The van der Waals surface area contributed by atoms with Gasteiger partial charge in [0.1, 0.15) is 0 Å². The highest BCUT2D eigenvalue weighted by atomic mass is 127. The zero-order chi connectivity index (χ0) is 13.7. The van der Waals surface area contributed by atoms with Gasteiger partial charge >= 0.3 is 0 Å². The van der Waals surface area contributed by atoms with Crippen LogP contribution in [0.1, 0.15) is 17.1 Å². The third-order valence-electron chi connectivity index (χ3n) is 2.69. The lowest BCUT2D eigenvalue weighted by molar-refractivity contribution is 0.376. The quantitative estimate of drug-likeness (QED) is 0.466. The van der Waals surface area contributed by atoms with Crippen LogP contribution in [-0.4, -0.2) is 27.9 Å². The molecule has 0 fully saturated rings. The van der Waals surface area contributed by atoms with Crippen LogP contribution < -0.4 is 10.6 Å². The van der Waals surface area contributed by atoms with Gasteiger partial charge in [0.05, 0.1) is 24.5 Å². The van der Waals surface area contributed by atoms with E-state index in [9.17, 15) is 0 Å². The first kappa shape index (κ1) is 16.5. The van der Waals surface area contributed by atoms with E-state index in [4.69, 9.17) is 4.52 Å². The monoisotopic (exact) mass is 390 g/mol. The molecule has 7 nitrogen and oxygen atoms in total. The predicted octanol–water partition coefficient (Wildman–Crippen LogP) is 1.20. The summed E-state index contributed by atoms with van der Waals surface area (Å²) < 4.78 is 6.94. The molecule has 2 aromatic heterocycles. The van der Waals surface area contributed by atoms with E-state index in [1.54, 1.807) is 13.2 Å². The molecule has 8 heteroatoms. The van der Waals surface area contributed by atoms with Gasteiger partial charge in [-0.1, -0.05) is 5.16 Å². The third-order valence-corrected chi connectivity index (χ3v) is 2.69. The van der Waals surface area contributed by atoms with Gasteiger partial charge in [0.2, 0.25) is 0 Å². The Morgan fingerprint density at radius 3 is 2.70 bits per heavy atom. The molecule has 2 N–H and O–H groups in total. The van der Waals surface area contributed by atoms with Crippen molar-refractivity contribution in [2.45, 2.75) is 20.0 Å². The number of aryl methyl sites for hydroxylation is 2. The van der Waals surface area contributed by atoms with Crippen LogP contribution in [0.5, 0.6) is 0 Å². The van der Waals surface area contributed by atoms with E-state index in [-0.39, 0.29) is 24.0 Å². The lowest BCUT2D eigenvalue weighted by Crippen LogP contribution is -2.36. The molecule has 2 rings (SSSR count). The molecule has 0 bridgehead atoms. The van der Waals surface area contributed by atoms with Gasteiger partial charge in [-0.15, -0.1) is 24.0 Å². The highest BCUT2D eigenvalue weighted by Gasteiger charge is 2.04. The summed E-state index contributed by atoms with van der Waals surface area (Å²) >= 11 is 0. The number of hydrogen-bond donors (Lipinski definition) is 2. The van der Waals surface area contributed by atoms with E-state index in [0.29, 0.717) is 19.0 Å². The van der Waals surface area contributed by atoms with E-state index in [1.807, 2.05) is 30.8 Å². The minimum Gasteiger partial charge on any atom is -0.359 e. The Morgan fingerprint density at radius 2 is 2.15 bits per heavy atom. The molecule has 0 aromatic carbocycles. The van der Waals surface area contributed by atoms with Crippen molar-refractivity contribution in [3.05, 3.63) is 35.5 Å². The summed E-state index contributed by atoms with van der Waals surface area (Å²) in [4.78, 5) is 4.14. The molecule has 2 aromatic rings. The molecule has 0 radical (unpaired) electrons. The Hall–Kier alpha value is -1.58. The molecule has 0 aliphatic rings. The summed E-state index contributed by atoms with van der Waals surface area (Å²) in [5.74, 6) is 1.48. The minimum absolute atomic E-state index is 0. The minimum atomic E-state index is 0. The summed E-state index contributed by atoms with van der Waals surface area (Å²) in [6.07, 6.45) is 1.77. The first-order valence-corrected chi connectivity index (χ1v) is 6.02. The first-order valence-electron chi connectivity index (χ1n) is 6.02. The maximum atomic E-state index is 5.12. The zero-order valence-electron chi connectivity index (χ0n) is 11.8. The van der Waals surface area contributed by atoms with Crippen LogP contribution in [0.3, 0.4) is 0 Å². The molecule has 0 amide bonds. The summed E-state index contributed by atoms with van der Waals surface area (Å²) in [6, 6.07) is 3.85. The second-order valence-corrected chi connectivity index (χ2v) is 4.16. The largest absolute Gasteiger partial charge is 0.359 e. The molecule has 20 heavy (non-hydrogen) atoms. The lowest BCUT2D eigenvalue weighted by Gasteiger charge is -2.10. The zero-order valence-corrected chi connectivity index (χ0v) is 14.1. The highest BCUT2D eigenvalue weighted by molar-refractivity contribution is 14.0. The Labute approximate surface area is 134 Å². The molecule has 0 spiro atoms. The van der Waals surface area contributed by atoms with Crippen LogP contribution in [0.2, 0.25) is 0 Å². The number of nitrogens with zero attached hydrogens (tertiary/aromatic N) is 4. The number of aliphatic imine (C=N–C) groups is 1. The van der Waals surface area contributed by atoms with Crippen LogP contribution in [0.15, 0.2) is 27.8 Å². The van der Waals surface area contributed by atoms with Gasteiger partial charge in [-0.3, -0.25) is 9.67 Å². The fraction of sp³-hybridized carbons (Fsp3) is 0.417. The molecule has 0 aliphatic heterocycles. The van der Waals surface area contributed by atoms with Crippen LogP contribution in [0, 0.1) is 6.92 Å². The number of aromatic nitrogens is 3.